The topological polar surface area (TPSA) is 40.3 Å². The molecule has 0 saturated carbocycles. The van der Waals surface area contributed by atoms with Gasteiger partial charge in [0.05, 0.1) is 34.5 Å². The molecule has 0 bridgehead atoms. The molecule has 4 nitrogen and oxygen atoms in total. The summed E-state index contributed by atoms with van der Waals surface area (Å²) in [5.74, 6) is 0. The Morgan fingerprint density at radius 1 is 0.759 bits per heavy atom. The minimum absolute atomic E-state index is 0.0114. The molecule has 3 aromatic rings. The third kappa shape index (κ3) is 3.59. The van der Waals surface area contributed by atoms with E-state index in [4.69, 9.17) is 21.7 Å². The predicted molar refractivity (Wildman–Crippen MR) is 121 cm³/mol. The molecule has 0 radical (unpaired) electrons. The van der Waals surface area contributed by atoms with E-state index in [-0.39, 0.29) is 6.04 Å². The minimum Gasteiger partial charge on any atom is -0.256 e. The first-order valence-electron chi connectivity index (χ1n) is 9.65. The quantitative estimate of drug-likeness (QED) is 0.524. The molecule has 0 fully saturated rings. The van der Waals surface area contributed by atoms with Crippen LogP contribution < -0.4 is 5.01 Å². The molecule has 2 aliphatic rings. The van der Waals surface area contributed by atoms with Gasteiger partial charge in [0.25, 0.3) is 0 Å². The molecule has 2 heterocycles. The van der Waals surface area contributed by atoms with E-state index in [2.05, 4.69) is 34.3 Å². The van der Waals surface area contributed by atoms with Gasteiger partial charge in [-0.2, -0.15) is 5.10 Å². The molecule has 142 valence electrons. The highest BCUT2D eigenvalue weighted by molar-refractivity contribution is 6.67. The Morgan fingerprint density at radius 2 is 1.38 bits per heavy atom. The molecule has 1 atom stereocenters. The van der Waals surface area contributed by atoms with Crippen LogP contribution in [0.15, 0.2) is 100 Å². The van der Waals surface area contributed by atoms with E-state index in [1.165, 1.54) is 0 Å². The Kier molecular flexibility index (Phi) is 4.70. The zero-order valence-corrected chi connectivity index (χ0v) is 16.5. The molecule has 0 aliphatic carbocycles. The zero-order chi connectivity index (χ0) is 19.6. The van der Waals surface area contributed by atoms with Crippen LogP contribution in [0.4, 0.5) is 17.1 Å². The van der Waals surface area contributed by atoms with Gasteiger partial charge in [-0.15, -0.1) is 0 Å². The van der Waals surface area contributed by atoms with Crippen molar-refractivity contribution in [2.24, 2.45) is 15.1 Å². The van der Waals surface area contributed by atoms with Gasteiger partial charge in [-0.3, -0.25) is 10.0 Å². The lowest BCUT2D eigenvalue weighted by molar-refractivity contribution is 0.815. The van der Waals surface area contributed by atoms with E-state index in [1.807, 2.05) is 60.7 Å². The second kappa shape index (κ2) is 7.64. The lowest BCUT2D eigenvalue weighted by atomic mass is 9.99. The molecule has 2 aliphatic heterocycles. The van der Waals surface area contributed by atoms with Crippen molar-refractivity contribution in [1.29, 1.82) is 0 Å². The van der Waals surface area contributed by atoms with E-state index in [0.717, 1.165) is 40.5 Å². The van der Waals surface area contributed by atoms with E-state index >= 15 is 0 Å². The van der Waals surface area contributed by atoms with Crippen molar-refractivity contribution in [2.45, 2.75) is 18.9 Å². The Bertz CT molecular complexity index is 1120. The number of hydrazone groups is 1. The number of hydrogen-bond acceptors (Lipinski definition) is 4. The van der Waals surface area contributed by atoms with Gasteiger partial charge >= 0.3 is 0 Å². The SMILES string of the molecule is ClC1=Nc2ccccc2N=C(C2CC(c3ccccc3)=NN2c2ccccc2)C1. The monoisotopic (exact) mass is 398 g/mol. The highest BCUT2D eigenvalue weighted by atomic mass is 35.5. The summed E-state index contributed by atoms with van der Waals surface area (Å²) >= 11 is 6.48. The van der Waals surface area contributed by atoms with Crippen molar-refractivity contribution in [1.82, 2.24) is 0 Å². The van der Waals surface area contributed by atoms with Crippen LogP contribution in [-0.4, -0.2) is 22.6 Å². The van der Waals surface area contributed by atoms with Gasteiger partial charge in [0.15, 0.2) is 0 Å². The maximum atomic E-state index is 6.48. The smallest absolute Gasteiger partial charge is 0.112 e. The largest absolute Gasteiger partial charge is 0.256 e. The number of aliphatic imine (C=N–C) groups is 2. The van der Waals surface area contributed by atoms with Crippen molar-refractivity contribution in [3.63, 3.8) is 0 Å². The Labute approximate surface area is 174 Å². The van der Waals surface area contributed by atoms with Gasteiger partial charge in [-0.25, -0.2) is 4.99 Å². The van der Waals surface area contributed by atoms with Crippen molar-refractivity contribution in [3.05, 3.63) is 90.5 Å². The first-order chi connectivity index (χ1) is 14.3. The fourth-order valence-corrected chi connectivity index (χ4v) is 3.98. The van der Waals surface area contributed by atoms with Crippen LogP contribution in [0.25, 0.3) is 0 Å². The van der Waals surface area contributed by atoms with Crippen LogP contribution in [0.5, 0.6) is 0 Å². The first-order valence-corrected chi connectivity index (χ1v) is 10.0. The normalized spacial score (nSPS) is 18.4. The lowest BCUT2D eigenvalue weighted by Gasteiger charge is -2.24. The summed E-state index contributed by atoms with van der Waals surface area (Å²) < 4.78 is 0. The number of fused-ring (bicyclic) bond motifs is 1. The Morgan fingerprint density at radius 3 is 2.10 bits per heavy atom. The summed E-state index contributed by atoms with van der Waals surface area (Å²) in [6.45, 7) is 0. The Hall–Kier alpha value is -3.24. The molecule has 0 N–H and O–H groups in total. The molecule has 5 heteroatoms. The molecular formula is C24H19ClN4. The van der Waals surface area contributed by atoms with Gasteiger partial charge in [0.1, 0.15) is 5.17 Å². The highest BCUT2D eigenvalue weighted by Crippen LogP contribution is 2.35. The van der Waals surface area contributed by atoms with Crippen molar-refractivity contribution in [2.75, 3.05) is 5.01 Å². The molecule has 5 rings (SSSR count). The number of hydrogen-bond donors (Lipinski definition) is 0. The summed E-state index contributed by atoms with van der Waals surface area (Å²) in [4.78, 5) is 9.53. The van der Waals surface area contributed by atoms with E-state index in [1.54, 1.807) is 0 Å². The number of halogens is 1. The zero-order valence-electron chi connectivity index (χ0n) is 15.7. The summed E-state index contributed by atoms with van der Waals surface area (Å²) in [5.41, 5.74) is 5.84. The lowest BCUT2D eigenvalue weighted by Crippen LogP contribution is -2.35. The van der Waals surface area contributed by atoms with E-state index in [0.29, 0.717) is 11.6 Å². The molecule has 1 unspecified atom stereocenters. The maximum Gasteiger partial charge on any atom is 0.112 e. The molecule has 3 aromatic carbocycles. The van der Waals surface area contributed by atoms with Gasteiger partial charge < -0.3 is 0 Å². The first kappa shape index (κ1) is 17.8. The molecule has 0 spiro atoms. The number of para-hydroxylation sites is 3. The minimum atomic E-state index is -0.0114. The second-order valence-electron chi connectivity index (χ2n) is 7.07. The summed E-state index contributed by atoms with van der Waals surface area (Å²) in [7, 11) is 0. The number of nitrogens with zero attached hydrogens (tertiary/aromatic N) is 4. The predicted octanol–water partition coefficient (Wildman–Crippen LogP) is 6.11. The van der Waals surface area contributed by atoms with Crippen molar-refractivity contribution < 1.29 is 0 Å². The third-order valence-corrected chi connectivity index (χ3v) is 5.36. The maximum absolute atomic E-state index is 6.48. The molecule has 0 aromatic heterocycles. The fraction of sp³-hybridized carbons (Fsp3) is 0.125. The number of rotatable bonds is 3. The number of benzene rings is 3. The molecular weight excluding hydrogens is 380 g/mol. The third-order valence-electron chi connectivity index (χ3n) is 5.14. The highest BCUT2D eigenvalue weighted by Gasteiger charge is 2.33. The fourth-order valence-electron chi connectivity index (χ4n) is 3.75. The van der Waals surface area contributed by atoms with E-state index in [9.17, 15) is 0 Å². The second-order valence-corrected chi connectivity index (χ2v) is 7.51. The van der Waals surface area contributed by atoms with Crippen LogP contribution in [0.1, 0.15) is 18.4 Å². The molecule has 0 saturated heterocycles. The average molecular weight is 399 g/mol. The van der Waals surface area contributed by atoms with Crippen molar-refractivity contribution >= 4 is 45.3 Å². The van der Waals surface area contributed by atoms with Gasteiger partial charge in [0, 0.05) is 12.8 Å². The van der Waals surface area contributed by atoms with Gasteiger partial charge in [-0.1, -0.05) is 72.3 Å². The van der Waals surface area contributed by atoms with Crippen LogP contribution in [-0.2, 0) is 0 Å². The van der Waals surface area contributed by atoms with Crippen LogP contribution >= 0.6 is 11.6 Å². The van der Waals surface area contributed by atoms with E-state index < -0.39 is 0 Å². The summed E-state index contributed by atoms with van der Waals surface area (Å²) in [6, 6.07) is 28.4. The van der Waals surface area contributed by atoms with Gasteiger partial charge in [-0.05, 0) is 29.8 Å². The molecule has 29 heavy (non-hydrogen) atoms. The van der Waals surface area contributed by atoms with Crippen LogP contribution in [0.2, 0.25) is 0 Å². The number of anilines is 1. The van der Waals surface area contributed by atoms with Crippen molar-refractivity contribution in [3.8, 4) is 0 Å². The van der Waals surface area contributed by atoms with Gasteiger partial charge in [0.2, 0.25) is 0 Å². The summed E-state index contributed by atoms with van der Waals surface area (Å²) in [6.07, 6.45) is 1.28. The average Bonchev–Trinajstić information content (AvgIpc) is 3.14. The molecule has 0 amide bonds. The Balaban J connectivity index is 1.58. The standard InChI is InChI=1S/C24H19ClN4/c25-24-16-22(26-19-13-7-8-14-20(19)27-24)23-15-21(17-9-3-1-4-10-17)28-29(23)18-11-5-2-6-12-18/h1-14,23H,15-16H2. The van der Waals surface area contributed by atoms with Crippen LogP contribution in [0.3, 0.4) is 0 Å². The summed E-state index contributed by atoms with van der Waals surface area (Å²) in [5, 5.41) is 7.60. The van der Waals surface area contributed by atoms with Crippen LogP contribution in [0, 0.1) is 0 Å².